The van der Waals surface area contributed by atoms with Crippen molar-refractivity contribution < 1.29 is 41.6 Å². The highest BCUT2D eigenvalue weighted by molar-refractivity contribution is 5.94. The molecule has 0 aliphatic carbocycles. The number of hydrogen-bond donors (Lipinski definition) is 2. The lowest BCUT2D eigenvalue weighted by atomic mass is 9.98. The molecular weight excluding hydrogens is 443 g/mol. The predicted octanol–water partition coefficient (Wildman–Crippen LogP) is 3.93. The minimum atomic E-state index is -5.13. The Morgan fingerprint density at radius 3 is 1.82 bits per heavy atom. The van der Waals surface area contributed by atoms with Crippen LogP contribution in [0.15, 0.2) is 0 Å². The fraction of sp³-hybridized carbons (Fsp3) is 0.818. The third-order valence-corrected chi connectivity index (χ3v) is 5.75. The van der Waals surface area contributed by atoms with Gasteiger partial charge in [-0.1, -0.05) is 27.7 Å². The van der Waals surface area contributed by atoms with Crippen molar-refractivity contribution in [3.05, 3.63) is 0 Å². The highest BCUT2D eigenvalue weighted by Gasteiger charge is 2.57. The molecule has 4 atom stereocenters. The van der Waals surface area contributed by atoms with Gasteiger partial charge in [-0.05, 0) is 39.5 Å². The Morgan fingerprint density at radius 2 is 1.45 bits per heavy atom. The molecule has 33 heavy (non-hydrogen) atoms. The SMILES string of the molecule is CC(C)C(NC(=O)[N+]1(C(=O)[C@@H](NC(=O)OC(C)(C)C)C(C)C)CCC[C@H]1C)C(=O)C(F)(F)F. The maximum absolute atomic E-state index is 13.7. The monoisotopic (exact) mass is 480 g/mol. The van der Waals surface area contributed by atoms with Gasteiger partial charge in [0.15, 0.2) is 6.04 Å². The number of ether oxygens (including phenoxy) is 1. The maximum atomic E-state index is 13.7. The largest absolute Gasteiger partial charge is 0.452 e. The lowest BCUT2D eigenvalue weighted by molar-refractivity contribution is -0.786. The topological polar surface area (TPSA) is 102 Å². The average molecular weight is 481 g/mol. The van der Waals surface area contributed by atoms with Crippen LogP contribution >= 0.6 is 0 Å². The zero-order chi connectivity index (χ0) is 25.9. The number of ketones is 1. The van der Waals surface area contributed by atoms with E-state index in [-0.39, 0.29) is 6.54 Å². The first-order valence-electron chi connectivity index (χ1n) is 11.2. The lowest BCUT2D eigenvalue weighted by Crippen LogP contribution is -2.70. The van der Waals surface area contributed by atoms with E-state index in [2.05, 4.69) is 10.6 Å². The number of urea groups is 1. The van der Waals surface area contributed by atoms with E-state index in [9.17, 15) is 32.3 Å². The van der Waals surface area contributed by atoms with E-state index in [1.807, 2.05) is 0 Å². The Kier molecular flexibility index (Phi) is 9.09. The molecule has 8 nitrogen and oxygen atoms in total. The summed E-state index contributed by atoms with van der Waals surface area (Å²) in [6, 6.07) is -4.47. The van der Waals surface area contributed by atoms with E-state index in [0.29, 0.717) is 12.8 Å². The van der Waals surface area contributed by atoms with Crippen LogP contribution in [-0.4, -0.2) is 64.7 Å². The molecule has 1 aliphatic heterocycles. The Bertz CT molecular complexity index is 761. The molecule has 0 aromatic heterocycles. The molecule has 1 aliphatic rings. The molecule has 0 aromatic carbocycles. The molecule has 1 fully saturated rings. The molecule has 0 aromatic rings. The van der Waals surface area contributed by atoms with Crippen LogP contribution in [-0.2, 0) is 14.3 Å². The first-order valence-corrected chi connectivity index (χ1v) is 11.2. The lowest BCUT2D eigenvalue weighted by Gasteiger charge is -2.38. The van der Waals surface area contributed by atoms with E-state index < -0.39 is 70.0 Å². The van der Waals surface area contributed by atoms with Gasteiger partial charge in [-0.2, -0.15) is 17.7 Å². The molecule has 11 heteroatoms. The second-order valence-electron chi connectivity index (χ2n) is 10.3. The molecule has 0 saturated carbocycles. The molecule has 190 valence electrons. The van der Waals surface area contributed by atoms with Crippen molar-refractivity contribution in [3.8, 4) is 0 Å². The normalized spacial score (nSPS) is 23.2. The molecule has 0 bridgehead atoms. The van der Waals surface area contributed by atoms with Gasteiger partial charge >= 0.3 is 24.2 Å². The molecule has 1 rings (SSSR count). The number of hydrogen-bond acceptors (Lipinski definition) is 5. The van der Waals surface area contributed by atoms with Crippen LogP contribution in [0, 0.1) is 11.8 Å². The molecule has 2 N–H and O–H groups in total. The van der Waals surface area contributed by atoms with Crippen LogP contribution in [0.1, 0.15) is 68.2 Å². The number of nitrogens with one attached hydrogen (secondary N) is 2. The van der Waals surface area contributed by atoms with E-state index in [1.165, 1.54) is 13.8 Å². The van der Waals surface area contributed by atoms with Crippen molar-refractivity contribution in [1.82, 2.24) is 10.6 Å². The Labute approximate surface area is 193 Å². The number of likely N-dealkylation sites (tertiary alicyclic amines) is 1. The summed E-state index contributed by atoms with van der Waals surface area (Å²) >= 11 is 0. The number of alkyl halides is 3. The van der Waals surface area contributed by atoms with Gasteiger partial charge < -0.3 is 10.1 Å². The summed E-state index contributed by atoms with van der Waals surface area (Å²) in [6.07, 6.45) is -5.01. The van der Waals surface area contributed by atoms with Crippen LogP contribution in [0.3, 0.4) is 0 Å². The average Bonchev–Trinajstić information content (AvgIpc) is 3.02. The van der Waals surface area contributed by atoms with E-state index in [1.54, 1.807) is 41.5 Å². The number of carbonyl (C=O) groups excluding carboxylic acids is 4. The predicted molar refractivity (Wildman–Crippen MR) is 115 cm³/mol. The number of carbonyl (C=O) groups is 4. The number of alkyl carbamates (subject to hydrolysis) is 1. The van der Waals surface area contributed by atoms with Crippen LogP contribution in [0.2, 0.25) is 0 Å². The smallest absolute Gasteiger partial charge is 0.444 e. The molecular formula is C22H37F3N3O5+. The fourth-order valence-corrected chi connectivity index (χ4v) is 3.96. The van der Waals surface area contributed by atoms with E-state index >= 15 is 0 Å². The van der Waals surface area contributed by atoms with Gasteiger partial charge in [0.05, 0.1) is 6.54 Å². The molecule has 2 unspecified atom stereocenters. The van der Waals surface area contributed by atoms with Crippen LogP contribution < -0.4 is 10.6 Å². The number of rotatable bonds is 6. The second-order valence-corrected chi connectivity index (χ2v) is 10.3. The molecule has 1 saturated heterocycles. The minimum Gasteiger partial charge on any atom is -0.444 e. The first kappa shape index (κ1) is 28.9. The number of halogens is 3. The Morgan fingerprint density at radius 1 is 0.939 bits per heavy atom. The van der Waals surface area contributed by atoms with Crippen LogP contribution in [0.5, 0.6) is 0 Å². The highest BCUT2D eigenvalue weighted by Crippen LogP contribution is 2.31. The van der Waals surface area contributed by atoms with Crippen molar-refractivity contribution in [2.75, 3.05) is 6.54 Å². The first-order chi connectivity index (χ1) is 14.8. The molecule has 4 amide bonds. The number of imide groups is 1. The van der Waals surface area contributed by atoms with Gasteiger partial charge in [-0.25, -0.2) is 14.4 Å². The van der Waals surface area contributed by atoms with Gasteiger partial charge in [0, 0.05) is 12.8 Å². The summed E-state index contributed by atoms with van der Waals surface area (Å²) in [5.41, 5.74) is -0.818. The summed E-state index contributed by atoms with van der Waals surface area (Å²) < 4.78 is 43.7. The zero-order valence-corrected chi connectivity index (χ0v) is 20.6. The standard InChI is InChI=1S/C22H36F3N3O5/c1-12(2)15(17(29)22(23,24)25)26-19(31)28(11-9-10-14(28)5)18(30)16(13(3)4)27-20(32)33-21(6,7)8/h12-16H,9-11H2,1-8H3,(H-,26,27,31,32)/p+1/t14-,15?,16+,28?/m1/s1. The van der Waals surface area contributed by atoms with Crippen LogP contribution in [0.4, 0.5) is 22.8 Å². The van der Waals surface area contributed by atoms with Gasteiger partial charge in [0.1, 0.15) is 17.7 Å². The minimum absolute atomic E-state index is 0.0517. The third kappa shape index (κ3) is 6.91. The molecule has 0 radical (unpaired) electrons. The summed E-state index contributed by atoms with van der Waals surface area (Å²) in [7, 11) is 0. The molecule has 1 heterocycles. The number of quaternary nitrogens is 1. The van der Waals surface area contributed by atoms with E-state index in [0.717, 1.165) is 0 Å². The third-order valence-electron chi connectivity index (χ3n) is 5.75. The van der Waals surface area contributed by atoms with E-state index in [4.69, 9.17) is 4.74 Å². The summed E-state index contributed by atoms with van der Waals surface area (Å²) in [5, 5.41) is 4.72. The number of amides is 4. The van der Waals surface area contributed by atoms with Crippen molar-refractivity contribution >= 4 is 23.8 Å². The van der Waals surface area contributed by atoms with Gasteiger partial charge in [-0.15, -0.1) is 0 Å². The Hall–Kier alpha value is -2.17. The van der Waals surface area contributed by atoms with Gasteiger partial charge in [0.25, 0.3) is 5.78 Å². The zero-order valence-electron chi connectivity index (χ0n) is 20.6. The number of Topliss-reactive ketones (excluding diaryl/α,β-unsaturated/α-hetero) is 1. The van der Waals surface area contributed by atoms with Crippen molar-refractivity contribution in [2.24, 2.45) is 11.8 Å². The maximum Gasteiger partial charge on any atom is 0.452 e. The second kappa shape index (κ2) is 10.4. The number of nitrogens with zero attached hydrogens (tertiary/aromatic N) is 1. The Balaban J connectivity index is 3.32. The molecule has 0 spiro atoms. The summed E-state index contributed by atoms with van der Waals surface area (Å²) in [6.45, 7) is 12.8. The van der Waals surface area contributed by atoms with Crippen molar-refractivity contribution in [2.45, 2.75) is 98.1 Å². The van der Waals surface area contributed by atoms with Crippen molar-refractivity contribution in [3.63, 3.8) is 0 Å². The van der Waals surface area contributed by atoms with Gasteiger partial charge in [-0.3, -0.25) is 10.1 Å². The summed E-state index contributed by atoms with van der Waals surface area (Å²) in [4.78, 5) is 51.4. The van der Waals surface area contributed by atoms with Gasteiger partial charge in [0.2, 0.25) is 0 Å². The fourth-order valence-electron chi connectivity index (χ4n) is 3.96. The highest BCUT2D eigenvalue weighted by atomic mass is 19.4. The van der Waals surface area contributed by atoms with Crippen molar-refractivity contribution in [1.29, 1.82) is 0 Å². The quantitative estimate of drug-likeness (QED) is 0.561. The van der Waals surface area contributed by atoms with Crippen LogP contribution in [0.25, 0.3) is 0 Å². The summed E-state index contributed by atoms with van der Waals surface area (Å²) in [5.74, 6) is -4.01.